The summed E-state index contributed by atoms with van der Waals surface area (Å²) in [5.41, 5.74) is 7.32. The Balaban J connectivity index is 2.48. The van der Waals surface area contributed by atoms with Gasteiger partial charge in [-0.2, -0.15) is 0 Å². The van der Waals surface area contributed by atoms with Crippen molar-refractivity contribution in [1.82, 2.24) is 5.48 Å². The molecule has 18 heavy (non-hydrogen) atoms. The van der Waals surface area contributed by atoms with Gasteiger partial charge in [0.1, 0.15) is 12.4 Å². The lowest BCUT2D eigenvalue weighted by Gasteiger charge is -2.06. The molecule has 6 nitrogen and oxygen atoms in total. The molecular weight excluding hydrogens is 236 g/mol. The maximum Gasteiger partial charge on any atom is 0.274 e. The van der Waals surface area contributed by atoms with Crippen molar-refractivity contribution >= 4 is 11.8 Å². The molecule has 0 aliphatic rings. The van der Waals surface area contributed by atoms with Crippen LogP contribution in [-0.2, 0) is 9.63 Å². The molecule has 2 amide bonds. The molecule has 0 aliphatic carbocycles. The van der Waals surface area contributed by atoms with E-state index in [0.717, 1.165) is 0 Å². The van der Waals surface area contributed by atoms with Crippen LogP contribution in [0.25, 0.3) is 0 Å². The van der Waals surface area contributed by atoms with Crippen LogP contribution in [0.15, 0.2) is 36.9 Å². The standard InChI is InChI=1S/C12H14N2O4/c1-2-7-17-10-5-3-9(4-6-10)12(16)14-18-8-11(13)15/h2-6H,1,7-8H2,(H2,13,15)(H,14,16). The molecule has 0 aromatic heterocycles. The Labute approximate surface area is 104 Å². The molecule has 1 aromatic carbocycles. The third-order valence-electron chi connectivity index (χ3n) is 1.86. The SMILES string of the molecule is C=CCOc1ccc(C(=O)NOCC(N)=O)cc1. The van der Waals surface area contributed by atoms with Crippen molar-refractivity contribution < 1.29 is 19.2 Å². The highest BCUT2D eigenvalue weighted by Crippen LogP contribution is 2.11. The van der Waals surface area contributed by atoms with Crippen LogP contribution in [0.4, 0.5) is 0 Å². The second kappa shape index (κ2) is 7.08. The Hall–Kier alpha value is -2.34. The molecule has 0 spiro atoms. The Kier molecular flexibility index (Phi) is 5.40. The summed E-state index contributed by atoms with van der Waals surface area (Å²) in [6, 6.07) is 6.43. The fourth-order valence-corrected chi connectivity index (χ4v) is 1.09. The summed E-state index contributed by atoms with van der Waals surface area (Å²) < 4.78 is 5.26. The number of hydrogen-bond donors (Lipinski definition) is 2. The first-order chi connectivity index (χ1) is 8.63. The third kappa shape index (κ3) is 4.67. The summed E-state index contributed by atoms with van der Waals surface area (Å²) in [6.07, 6.45) is 1.62. The van der Waals surface area contributed by atoms with Crippen molar-refractivity contribution in [3.05, 3.63) is 42.5 Å². The Morgan fingerprint density at radius 1 is 1.33 bits per heavy atom. The second-order valence-corrected chi connectivity index (χ2v) is 3.31. The molecule has 0 radical (unpaired) electrons. The van der Waals surface area contributed by atoms with E-state index in [1.807, 2.05) is 0 Å². The summed E-state index contributed by atoms with van der Waals surface area (Å²) in [7, 11) is 0. The first-order valence-corrected chi connectivity index (χ1v) is 5.17. The number of carbonyl (C=O) groups is 2. The number of ether oxygens (including phenoxy) is 1. The van der Waals surface area contributed by atoms with E-state index >= 15 is 0 Å². The summed E-state index contributed by atoms with van der Waals surface area (Å²) in [6.45, 7) is 3.55. The lowest BCUT2D eigenvalue weighted by atomic mass is 10.2. The topological polar surface area (TPSA) is 90.7 Å². The quantitative estimate of drug-likeness (QED) is 0.541. The first-order valence-electron chi connectivity index (χ1n) is 5.17. The average Bonchev–Trinajstić information content (AvgIpc) is 2.36. The van der Waals surface area contributed by atoms with Crippen molar-refractivity contribution in [1.29, 1.82) is 0 Å². The van der Waals surface area contributed by atoms with Gasteiger partial charge in [0.15, 0.2) is 6.61 Å². The zero-order chi connectivity index (χ0) is 13.4. The van der Waals surface area contributed by atoms with Crippen LogP contribution in [0.1, 0.15) is 10.4 Å². The normalized spacial score (nSPS) is 9.56. The fourth-order valence-electron chi connectivity index (χ4n) is 1.09. The zero-order valence-corrected chi connectivity index (χ0v) is 9.72. The number of nitrogens with one attached hydrogen (secondary N) is 1. The molecule has 0 heterocycles. The lowest BCUT2D eigenvalue weighted by Crippen LogP contribution is -2.29. The molecule has 0 bridgehead atoms. The molecule has 0 unspecified atom stereocenters. The van der Waals surface area contributed by atoms with E-state index in [-0.39, 0.29) is 6.61 Å². The molecule has 0 atom stereocenters. The third-order valence-corrected chi connectivity index (χ3v) is 1.86. The monoisotopic (exact) mass is 250 g/mol. The Morgan fingerprint density at radius 3 is 2.56 bits per heavy atom. The summed E-state index contributed by atoms with van der Waals surface area (Å²) in [4.78, 5) is 26.5. The van der Waals surface area contributed by atoms with Crippen LogP contribution in [0, 0.1) is 0 Å². The van der Waals surface area contributed by atoms with E-state index in [1.54, 1.807) is 30.3 Å². The van der Waals surface area contributed by atoms with E-state index in [1.165, 1.54) is 0 Å². The summed E-state index contributed by atoms with van der Waals surface area (Å²) >= 11 is 0. The molecule has 0 saturated heterocycles. The van der Waals surface area contributed by atoms with E-state index in [9.17, 15) is 9.59 Å². The van der Waals surface area contributed by atoms with Gasteiger partial charge in [0, 0.05) is 5.56 Å². The highest BCUT2D eigenvalue weighted by atomic mass is 16.7. The molecule has 1 aromatic rings. The van der Waals surface area contributed by atoms with Crippen LogP contribution in [-0.4, -0.2) is 25.0 Å². The predicted octanol–water partition coefficient (Wildman–Crippen LogP) is 0.398. The van der Waals surface area contributed by atoms with Crippen molar-refractivity contribution in [2.75, 3.05) is 13.2 Å². The number of amides is 2. The van der Waals surface area contributed by atoms with Crippen molar-refractivity contribution in [3.8, 4) is 5.75 Å². The number of benzene rings is 1. The van der Waals surface area contributed by atoms with Gasteiger partial charge in [0.05, 0.1) is 0 Å². The summed E-state index contributed by atoms with van der Waals surface area (Å²) in [5, 5.41) is 0. The summed E-state index contributed by atoms with van der Waals surface area (Å²) in [5.74, 6) is -0.500. The van der Waals surface area contributed by atoms with Crippen LogP contribution < -0.4 is 16.0 Å². The van der Waals surface area contributed by atoms with Crippen LogP contribution >= 0.6 is 0 Å². The first kappa shape index (κ1) is 13.7. The molecule has 1 rings (SSSR count). The van der Waals surface area contributed by atoms with Gasteiger partial charge >= 0.3 is 0 Å². The molecule has 96 valence electrons. The van der Waals surface area contributed by atoms with Gasteiger partial charge in [0.2, 0.25) is 5.91 Å². The Bertz CT molecular complexity index is 428. The van der Waals surface area contributed by atoms with Crippen molar-refractivity contribution in [2.24, 2.45) is 5.73 Å². The Morgan fingerprint density at radius 2 is 2.00 bits per heavy atom. The zero-order valence-electron chi connectivity index (χ0n) is 9.72. The van der Waals surface area contributed by atoms with E-state index in [4.69, 9.17) is 10.5 Å². The largest absolute Gasteiger partial charge is 0.490 e. The molecule has 0 saturated carbocycles. The highest BCUT2D eigenvalue weighted by molar-refractivity contribution is 5.93. The average molecular weight is 250 g/mol. The van der Waals surface area contributed by atoms with Crippen molar-refractivity contribution in [2.45, 2.75) is 0 Å². The van der Waals surface area contributed by atoms with E-state index in [2.05, 4.69) is 16.9 Å². The number of carbonyl (C=O) groups excluding carboxylic acids is 2. The molecule has 0 aliphatic heterocycles. The molecule has 0 fully saturated rings. The maximum atomic E-state index is 11.5. The maximum absolute atomic E-state index is 11.5. The number of hydrogen-bond acceptors (Lipinski definition) is 4. The van der Waals surface area contributed by atoms with E-state index in [0.29, 0.717) is 17.9 Å². The van der Waals surface area contributed by atoms with E-state index < -0.39 is 11.8 Å². The minimum absolute atomic E-state index is 0.369. The number of hydroxylamine groups is 1. The highest BCUT2D eigenvalue weighted by Gasteiger charge is 2.06. The van der Waals surface area contributed by atoms with Gasteiger partial charge in [-0.25, -0.2) is 5.48 Å². The molecular formula is C12H14N2O4. The van der Waals surface area contributed by atoms with Crippen LogP contribution in [0.3, 0.4) is 0 Å². The predicted molar refractivity (Wildman–Crippen MR) is 64.7 cm³/mol. The fraction of sp³-hybridized carbons (Fsp3) is 0.167. The minimum Gasteiger partial charge on any atom is -0.490 e. The van der Waals surface area contributed by atoms with Crippen molar-refractivity contribution in [3.63, 3.8) is 0 Å². The number of rotatable bonds is 7. The van der Waals surface area contributed by atoms with Gasteiger partial charge in [0.25, 0.3) is 5.91 Å². The van der Waals surface area contributed by atoms with Crippen LogP contribution in [0.5, 0.6) is 5.75 Å². The van der Waals surface area contributed by atoms with Gasteiger partial charge in [-0.1, -0.05) is 12.7 Å². The number of primary amides is 1. The van der Waals surface area contributed by atoms with Gasteiger partial charge in [-0.05, 0) is 24.3 Å². The molecule has 3 N–H and O–H groups in total. The number of nitrogens with two attached hydrogens (primary N) is 1. The van der Waals surface area contributed by atoms with Gasteiger partial charge < -0.3 is 10.5 Å². The van der Waals surface area contributed by atoms with Gasteiger partial charge in [-0.15, -0.1) is 0 Å². The van der Waals surface area contributed by atoms with Crippen LogP contribution in [0.2, 0.25) is 0 Å². The molecule has 6 heteroatoms. The second-order valence-electron chi connectivity index (χ2n) is 3.31. The lowest BCUT2D eigenvalue weighted by molar-refractivity contribution is -0.124. The van der Waals surface area contributed by atoms with Gasteiger partial charge in [-0.3, -0.25) is 14.4 Å². The minimum atomic E-state index is -0.663. The smallest absolute Gasteiger partial charge is 0.274 e.